The second kappa shape index (κ2) is 3.83. The van der Waals surface area contributed by atoms with E-state index < -0.39 is 0 Å². The molecule has 0 atom stereocenters. The normalized spacial score (nSPS) is 10.2. The highest BCUT2D eigenvalue weighted by molar-refractivity contribution is 7.97. The molecule has 0 radical (unpaired) electrons. The average Bonchev–Trinajstić information content (AvgIpc) is 2.37. The smallest absolute Gasteiger partial charge is 0.231 e. The number of hydrogen-bond donors (Lipinski definition) is 0. The summed E-state index contributed by atoms with van der Waals surface area (Å²) in [6.07, 6.45) is 1.98. The molecule has 0 spiro atoms. The summed E-state index contributed by atoms with van der Waals surface area (Å²) in [6.45, 7) is 0. The number of rotatable bonds is 3. The molecule has 0 unspecified atom stereocenters. The summed E-state index contributed by atoms with van der Waals surface area (Å²) in [4.78, 5) is 0. The molecule has 0 aliphatic carbocycles. The van der Waals surface area contributed by atoms with E-state index in [0.717, 1.165) is 5.75 Å². The summed E-state index contributed by atoms with van der Waals surface area (Å²) in [5.74, 6) is 2.18. The Hall–Kier alpha value is -0.220. The Morgan fingerprint density at radius 1 is 1.50 bits per heavy atom. The molecular formula is C5H7ClN2OS. The van der Waals surface area contributed by atoms with Gasteiger partial charge in [-0.3, -0.25) is 0 Å². The van der Waals surface area contributed by atoms with Gasteiger partial charge in [-0.05, 0) is 6.26 Å². The van der Waals surface area contributed by atoms with E-state index in [1.807, 2.05) is 6.26 Å². The van der Waals surface area contributed by atoms with Crippen LogP contribution in [0.1, 0.15) is 11.8 Å². The van der Waals surface area contributed by atoms with Gasteiger partial charge in [0.2, 0.25) is 11.8 Å². The third kappa shape index (κ3) is 1.88. The molecule has 3 nitrogen and oxygen atoms in total. The number of hydrogen-bond acceptors (Lipinski definition) is 4. The van der Waals surface area contributed by atoms with E-state index in [9.17, 15) is 0 Å². The fourth-order valence-corrected chi connectivity index (χ4v) is 0.996. The van der Waals surface area contributed by atoms with Gasteiger partial charge in [0.15, 0.2) is 0 Å². The molecule has 0 bridgehead atoms. The van der Waals surface area contributed by atoms with Crippen LogP contribution in [0, 0.1) is 0 Å². The van der Waals surface area contributed by atoms with Crippen LogP contribution in [0.3, 0.4) is 0 Å². The van der Waals surface area contributed by atoms with Crippen LogP contribution in [0.4, 0.5) is 0 Å². The summed E-state index contributed by atoms with van der Waals surface area (Å²) in [6, 6.07) is 0. The van der Waals surface area contributed by atoms with Crippen molar-refractivity contribution >= 4 is 23.4 Å². The second-order valence-corrected chi connectivity index (χ2v) is 2.79. The van der Waals surface area contributed by atoms with Crippen molar-refractivity contribution in [1.82, 2.24) is 10.2 Å². The van der Waals surface area contributed by atoms with Gasteiger partial charge in [0.25, 0.3) is 0 Å². The maximum atomic E-state index is 5.44. The lowest BCUT2D eigenvalue weighted by molar-refractivity contribution is 0.481. The highest BCUT2D eigenvalue weighted by Crippen LogP contribution is 2.08. The fraction of sp³-hybridized carbons (Fsp3) is 0.600. The van der Waals surface area contributed by atoms with Crippen molar-refractivity contribution in [3.05, 3.63) is 11.8 Å². The first-order chi connectivity index (χ1) is 4.86. The topological polar surface area (TPSA) is 38.9 Å². The number of alkyl halides is 1. The van der Waals surface area contributed by atoms with Gasteiger partial charge in [-0.1, -0.05) is 0 Å². The minimum atomic E-state index is 0.293. The van der Waals surface area contributed by atoms with E-state index in [1.165, 1.54) is 0 Å². The van der Waals surface area contributed by atoms with E-state index >= 15 is 0 Å². The van der Waals surface area contributed by atoms with E-state index in [0.29, 0.717) is 17.7 Å². The molecule has 1 aromatic heterocycles. The summed E-state index contributed by atoms with van der Waals surface area (Å²) < 4.78 is 5.10. The van der Waals surface area contributed by atoms with Gasteiger partial charge >= 0.3 is 0 Å². The maximum Gasteiger partial charge on any atom is 0.231 e. The average molecular weight is 179 g/mol. The van der Waals surface area contributed by atoms with Gasteiger partial charge in [-0.15, -0.1) is 21.8 Å². The Balaban J connectivity index is 2.59. The summed E-state index contributed by atoms with van der Waals surface area (Å²) >= 11 is 7.08. The SMILES string of the molecule is CSCc1nnc(CCl)o1. The number of nitrogens with zero attached hydrogens (tertiary/aromatic N) is 2. The third-order valence-electron chi connectivity index (χ3n) is 0.891. The van der Waals surface area contributed by atoms with E-state index in [2.05, 4.69) is 10.2 Å². The molecule has 0 amide bonds. The van der Waals surface area contributed by atoms with Crippen molar-refractivity contribution in [2.75, 3.05) is 6.26 Å². The summed E-state index contributed by atoms with van der Waals surface area (Å²) in [5, 5.41) is 7.45. The minimum absolute atomic E-state index is 0.293. The molecule has 0 saturated heterocycles. The highest BCUT2D eigenvalue weighted by Gasteiger charge is 2.01. The predicted octanol–water partition coefficient (Wildman–Crippen LogP) is 1.67. The number of thioether (sulfide) groups is 1. The van der Waals surface area contributed by atoms with Gasteiger partial charge in [-0.25, -0.2) is 0 Å². The zero-order chi connectivity index (χ0) is 7.40. The predicted molar refractivity (Wildman–Crippen MR) is 41.1 cm³/mol. The zero-order valence-corrected chi connectivity index (χ0v) is 7.08. The van der Waals surface area contributed by atoms with Crippen LogP contribution in [0.25, 0.3) is 0 Å². The molecule has 0 aromatic carbocycles. The van der Waals surface area contributed by atoms with E-state index in [4.69, 9.17) is 16.0 Å². The molecule has 56 valence electrons. The van der Waals surface area contributed by atoms with Crippen molar-refractivity contribution in [2.24, 2.45) is 0 Å². The largest absolute Gasteiger partial charge is 0.423 e. The lowest BCUT2D eigenvalue weighted by atomic mass is 10.8. The fourth-order valence-electron chi connectivity index (χ4n) is 0.524. The Kier molecular flexibility index (Phi) is 3.02. The molecule has 0 N–H and O–H groups in total. The molecule has 0 saturated carbocycles. The molecule has 5 heteroatoms. The van der Waals surface area contributed by atoms with E-state index in [1.54, 1.807) is 11.8 Å². The third-order valence-corrected chi connectivity index (χ3v) is 1.66. The Bertz CT molecular complexity index is 203. The minimum Gasteiger partial charge on any atom is -0.423 e. The summed E-state index contributed by atoms with van der Waals surface area (Å²) in [5.41, 5.74) is 0. The van der Waals surface area contributed by atoms with Crippen LogP contribution in [0.2, 0.25) is 0 Å². The van der Waals surface area contributed by atoms with Crippen molar-refractivity contribution in [1.29, 1.82) is 0 Å². The Morgan fingerprint density at radius 3 is 2.70 bits per heavy atom. The van der Waals surface area contributed by atoms with Crippen LogP contribution >= 0.6 is 23.4 Å². The highest BCUT2D eigenvalue weighted by atomic mass is 35.5. The van der Waals surface area contributed by atoms with Crippen LogP contribution in [-0.4, -0.2) is 16.5 Å². The van der Waals surface area contributed by atoms with Crippen LogP contribution in [-0.2, 0) is 11.6 Å². The molecule has 10 heavy (non-hydrogen) atoms. The van der Waals surface area contributed by atoms with Gasteiger partial charge in [0.1, 0.15) is 5.88 Å². The summed E-state index contributed by atoms with van der Waals surface area (Å²) in [7, 11) is 0. The van der Waals surface area contributed by atoms with Crippen molar-refractivity contribution in [2.45, 2.75) is 11.6 Å². The first-order valence-electron chi connectivity index (χ1n) is 2.73. The van der Waals surface area contributed by atoms with Crippen LogP contribution in [0.5, 0.6) is 0 Å². The van der Waals surface area contributed by atoms with Crippen molar-refractivity contribution in [3.63, 3.8) is 0 Å². The quantitative estimate of drug-likeness (QED) is 0.661. The Morgan fingerprint density at radius 2 is 2.20 bits per heavy atom. The van der Waals surface area contributed by atoms with Crippen LogP contribution in [0.15, 0.2) is 4.42 Å². The molecule has 0 aliphatic rings. The van der Waals surface area contributed by atoms with Crippen LogP contribution < -0.4 is 0 Å². The number of halogens is 1. The Labute approximate surface area is 68.2 Å². The zero-order valence-electron chi connectivity index (χ0n) is 5.50. The first kappa shape index (κ1) is 7.88. The maximum absolute atomic E-state index is 5.44. The number of aromatic nitrogens is 2. The second-order valence-electron chi connectivity index (χ2n) is 1.66. The molecule has 1 rings (SSSR count). The van der Waals surface area contributed by atoms with Crippen molar-refractivity contribution < 1.29 is 4.42 Å². The molecule has 1 heterocycles. The van der Waals surface area contributed by atoms with E-state index in [-0.39, 0.29) is 0 Å². The molecule has 0 aliphatic heterocycles. The molecule has 1 aromatic rings. The lowest BCUT2D eigenvalue weighted by Crippen LogP contribution is -1.77. The van der Waals surface area contributed by atoms with Gasteiger partial charge < -0.3 is 4.42 Å². The first-order valence-corrected chi connectivity index (χ1v) is 4.66. The molecule has 0 fully saturated rings. The van der Waals surface area contributed by atoms with Gasteiger partial charge in [-0.2, -0.15) is 11.8 Å². The van der Waals surface area contributed by atoms with Gasteiger partial charge in [0, 0.05) is 0 Å². The monoisotopic (exact) mass is 178 g/mol. The van der Waals surface area contributed by atoms with Gasteiger partial charge in [0.05, 0.1) is 5.75 Å². The van der Waals surface area contributed by atoms with Crippen molar-refractivity contribution in [3.8, 4) is 0 Å². The standard InChI is InChI=1S/C5H7ClN2OS/c1-10-3-5-8-7-4(2-6)9-5/h2-3H2,1H3. The molecular weight excluding hydrogens is 172 g/mol. The lowest BCUT2D eigenvalue weighted by Gasteiger charge is -1.84.